The number of carbonyl (C=O) groups excluding carboxylic acids is 4. The van der Waals surface area contributed by atoms with Crippen LogP contribution in [0.4, 0.5) is 13.6 Å². The number of nitrogens with zero attached hydrogens (tertiary/aromatic N) is 3. The van der Waals surface area contributed by atoms with Gasteiger partial charge in [-0.25, -0.2) is 32.0 Å². The molecule has 3 heterocycles. The number of carbonyl (C=O) groups is 4. The van der Waals surface area contributed by atoms with E-state index in [1.165, 1.54) is 11.8 Å². The first-order valence-corrected chi connectivity index (χ1v) is 23.6. The zero-order valence-electron chi connectivity index (χ0n) is 36.9. The van der Waals surface area contributed by atoms with Crippen LogP contribution in [0.5, 0.6) is 11.6 Å². The molecular weight excluding hydrogens is 827 g/mol. The van der Waals surface area contributed by atoms with Crippen molar-refractivity contribution in [1.82, 2.24) is 30.2 Å². The van der Waals surface area contributed by atoms with Crippen LogP contribution < -0.4 is 24.8 Å². The number of fused-ring (bicyclic) bond motifs is 5. The van der Waals surface area contributed by atoms with Crippen LogP contribution >= 0.6 is 0 Å². The minimum absolute atomic E-state index is 0.131. The number of rotatable bonds is 8. The number of hydrogen-bond donors (Lipinski definition) is 3. The number of nitrogens with one attached hydrogen (secondary N) is 3. The van der Waals surface area contributed by atoms with Crippen LogP contribution in [-0.2, 0) is 35.6 Å². The summed E-state index contributed by atoms with van der Waals surface area (Å²) in [6, 6.07) is 2.71. The zero-order chi connectivity index (χ0) is 45.0. The molecular formula is C44H62F2N6O9S. The summed E-state index contributed by atoms with van der Waals surface area (Å²) in [4.78, 5) is 68.7. The number of aromatic nitrogens is 2. The summed E-state index contributed by atoms with van der Waals surface area (Å²) in [5.74, 6) is -4.40. The van der Waals surface area contributed by atoms with Gasteiger partial charge >= 0.3 is 6.09 Å². The Balaban J connectivity index is 1.28. The molecule has 2 bridgehead atoms. The highest BCUT2D eigenvalue weighted by atomic mass is 32.2. The molecule has 342 valence electrons. The molecule has 3 N–H and O–H groups in total. The van der Waals surface area contributed by atoms with Gasteiger partial charge in [0.1, 0.15) is 40.8 Å². The van der Waals surface area contributed by atoms with Crippen LogP contribution in [0.2, 0.25) is 0 Å². The number of sulfonamides is 1. The van der Waals surface area contributed by atoms with Crippen molar-refractivity contribution in [3.8, 4) is 11.6 Å². The number of benzene rings is 1. The van der Waals surface area contributed by atoms with Crippen molar-refractivity contribution in [1.29, 1.82) is 0 Å². The Labute approximate surface area is 362 Å². The molecule has 1 aromatic heterocycles. The Kier molecular flexibility index (Phi) is 12.5. The SMILES string of the molecule is CC[C@H]1C(C(=O)N[C@]2(C(=O)NS(=O)(=O)C3(C)CC3)C[C@H]2C(F)F)N2C[C@@H]1Oc1nc3cc(OC)ccc3nc1CCCCCC[C@@H]1CCC[C@@]1(C)OC(=O)N[C@@H](C(C)(C)C)C2=O. The van der Waals surface area contributed by atoms with Crippen LogP contribution in [0, 0.1) is 23.2 Å². The lowest BCUT2D eigenvalue weighted by Crippen LogP contribution is -2.61. The van der Waals surface area contributed by atoms with E-state index in [0.717, 1.165) is 44.9 Å². The highest BCUT2D eigenvalue weighted by Gasteiger charge is 2.68. The summed E-state index contributed by atoms with van der Waals surface area (Å²) in [5, 5.41) is 5.37. The number of methoxy groups -OCH3 is 1. The molecule has 18 heteroatoms. The quantitative estimate of drug-likeness (QED) is 0.283. The highest BCUT2D eigenvalue weighted by Crippen LogP contribution is 2.50. The molecule has 4 fully saturated rings. The molecule has 0 radical (unpaired) electrons. The van der Waals surface area contributed by atoms with Gasteiger partial charge in [0.15, 0.2) is 0 Å². The minimum atomic E-state index is -4.25. The number of ether oxygens (including phenoxy) is 3. The van der Waals surface area contributed by atoms with Crippen LogP contribution in [-0.4, -0.2) is 101 Å². The van der Waals surface area contributed by atoms with Crippen molar-refractivity contribution in [3.05, 3.63) is 23.9 Å². The van der Waals surface area contributed by atoms with Crippen molar-refractivity contribution in [3.63, 3.8) is 0 Å². The number of amides is 4. The predicted molar refractivity (Wildman–Crippen MR) is 225 cm³/mol. The van der Waals surface area contributed by atoms with Gasteiger partial charge in [0, 0.05) is 12.0 Å². The third kappa shape index (κ3) is 8.90. The molecule has 4 amide bonds. The Bertz CT molecular complexity index is 2180. The van der Waals surface area contributed by atoms with Gasteiger partial charge in [-0.2, -0.15) is 0 Å². The molecule has 7 rings (SSSR count). The first-order chi connectivity index (χ1) is 29.1. The third-order valence-electron chi connectivity index (χ3n) is 14.2. The van der Waals surface area contributed by atoms with Crippen LogP contribution in [0.3, 0.4) is 0 Å². The molecule has 62 heavy (non-hydrogen) atoms. The number of aryl methyl sites for hydroxylation is 1. The van der Waals surface area contributed by atoms with Crippen molar-refractivity contribution in [2.75, 3.05) is 13.7 Å². The maximum atomic E-state index is 15.1. The Morgan fingerprint density at radius 1 is 1.03 bits per heavy atom. The van der Waals surface area contributed by atoms with Crippen molar-refractivity contribution in [2.45, 2.75) is 166 Å². The molecule has 1 unspecified atom stereocenters. The largest absolute Gasteiger partial charge is 0.497 e. The molecule has 2 aliphatic heterocycles. The van der Waals surface area contributed by atoms with E-state index in [1.807, 2.05) is 17.7 Å². The molecule has 0 spiro atoms. The van der Waals surface area contributed by atoms with Gasteiger partial charge in [-0.1, -0.05) is 47.0 Å². The summed E-state index contributed by atoms with van der Waals surface area (Å²) < 4.78 is 74.4. The molecule has 8 atom stereocenters. The van der Waals surface area contributed by atoms with Gasteiger partial charge in [-0.3, -0.25) is 19.1 Å². The van der Waals surface area contributed by atoms with Crippen LogP contribution in [0.1, 0.15) is 124 Å². The molecule has 1 saturated heterocycles. The van der Waals surface area contributed by atoms with Gasteiger partial charge in [-0.05, 0) is 102 Å². The van der Waals surface area contributed by atoms with E-state index in [-0.39, 0.29) is 24.8 Å². The zero-order valence-corrected chi connectivity index (χ0v) is 37.7. The lowest BCUT2D eigenvalue weighted by Gasteiger charge is -2.37. The number of alkyl halides is 2. The molecule has 3 aliphatic carbocycles. The van der Waals surface area contributed by atoms with Gasteiger partial charge in [0.05, 0.1) is 35.4 Å². The Morgan fingerprint density at radius 3 is 2.39 bits per heavy atom. The first kappa shape index (κ1) is 45.7. The van der Waals surface area contributed by atoms with Crippen LogP contribution in [0.15, 0.2) is 18.2 Å². The Morgan fingerprint density at radius 2 is 1.74 bits per heavy atom. The van der Waals surface area contributed by atoms with Gasteiger partial charge in [0.2, 0.25) is 34.1 Å². The average molecular weight is 889 g/mol. The fourth-order valence-electron chi connectivity index (χ4n) is 9.76. The van der Waals surface area contributed by atoms with Gasteiger partial charge in [-0.15, -0.1) is 0 Å². The number of alkyl carbamates (subject to hydrolysis) is 1. The maximum absolute atomic E-state index is 15.1. The van der Waals surface area contributed by atoms with Gasteiger partial charge in [0.25, 0.3) is 5.91 Å². The molecule has 2 aromatic rings. The smallest absolute Gasteiger partial charge is 0.408 e. The molecule has 3 saturated carbocycles. The van der Waals surface area contributed by atoms with Crippen molar-refractivity contribution >= 4 is 44.9 Å². The monoisotopic (exact) mass is 888 g/mol. The normalized spacial score (nSPS) is 31.6. The molecule has 1 aromatic carbocycles. The Hall–Kier alpha value is -4.35. The van der Waals surface area contributed by atoms with E-state index >= 15 is 4.79 Å². The summed E-state index contributed by atoms with van der Waals surface area (Å²) in [7, 11) is -2.71. The summed E-state index contributed by atoms with van der Waals surface area (Å²) in [5.41, 5.74) is -2.20. The first-order valence-electron chi connectivity index (χ1n) is 22.1. The van der Waals surface area contributed by atoms with Crippen LogP contribution in [0.25, 0.3) is 11.0 Å². The predicted octanol–water partition coefficient (Wildman–Crippen LogP) is 5.97. The van der Waals surface area contributed by atoms with Crippen molar-refractivity contribution in [2.24, 2.45) is 23.2 Å². The van der Waals surface area contributed by atoms with Crippen molar-refractivity contribution < 1.29 is 50.6 Å². The molecule has 5 aliphatic rings. The minimum Gasteiger partial charge on any atom is -0.497 e. The van der Waals surface area contributed by atoms with Gasteiger partial charge < -0.3 is 29.7 Å². The maximum Gasteiger partial charge on any atom is 0.408 e. The van der Waals surface area contributed by atoms with E-state index in [0.29, 0.717) is 48.2 Å². The van der Waals surface area contributed by atoms with E-state index in [1.54, 1.807) is 46.9 Å². The lowest BCUT2D eigenvalue weighted by atomic mass is 9.85. The average Bonchev–Trinajstić information content (AvgIpc) is 4.06. The standard InChI is InChI=1S/C44H62F2N6O9S/c1-8-27-32-24-52(33(27)36(53)50-44(23-28(44)35(45)46)39(55)51-62(57,58)42(5)20-21-42)38(54)34(41(2,3)4)49-40(56)61-43(6)19-13-15-25(43)14-11-9-10-12-16-30-37(60-32)48-31-22-26(59-7)17-18-29(31)47-30/h17-18,22,25,27-28,32-35H,8-16,19-21,23-24H2,1-7H3,(H,49,56)(H,50,53)(H,51,55)/t25-,27-,28+,32+,33?,34-,43-,44-/m1/s1. The summed E-state index contributed by atoms with van der Waals surface area (Å²) in [6.45, 7) is 10.3. The third-order valence-corrected chi connectivity index (χ3v) is 16.4. The highest BCUT2D eigenvalue weighted by molar-refractivity contribution is 7.91. The summed E-state index contributed by atoms with van der Waals surface area (Å²) in [6.07, 6.45) is 3.07. The van der Waals surface area contributed by atoms with E-state index in [9.17, 15) is 31.6 Å². The molecule has 15 nitrogen and oxygen atoms in total. The fourth-order valence-corrected chi connectivity index (χ4v) is 11.1. The van der Waals surface area contributed by atoms with E-state index < -0.39 is 98.0 Å². The fraction of sp³-hybridized carbons (Fsp3) is 0.727. The van der Waals surface area contributed by atoms with E-state index in [2.05, 4.69) is 10.6 Å². The number of hydrogen-bond acceptors (Lipinski definition) is 11. The second kappa shape index (κ2) is 17.0. The topological polar surface area (TPSA) is 195 Å². The van der Waals surface area contributed by atoms with E-state index in [4.69, 9.17) is 24.2 Å². The second-order valence-corrected chi connectivity index (χ2v) is 21.9. The lowest BCUT2D eigenvalue weighted by molar-refractivity contribution is -0.144. The summed E-state index contributed by atoms with van der Waals surface area (Å²) >= 11 is 0. The number of halogens is 2. The second-order valence-electron chi connectivity index (χ2n) is 19.7.